The molecule has 0 unspecified atom stereocenters. The van der Waals surface area contributed by atoms with Crippen LogP contribution in [-0.4, -0.2) is 31.9 Å². The number of hydrogen-bond acceptors (Lipinski definition) is 3. The Labute approximate surface area is 106 Å². The number of nitrogens with zero attached hydrogens (tertiary/aromatic N) is 1. The second-order valence-electron chi connectivity index (χ2n) is 4.10. The van der Waals surface area contributed by atoms with Crippen LogP contribution in [0, 0.1) is 0 Å². The molecule has 17 heavy (non-hydrogen) atoms. The molecule has 94 valence electrons. The van der Waals surface area contributed by atoms with Crippen LogP contribution < -0.4 is 5.73 Å². The predicted molar refractivity (Wildman–Crippen MR) is 67.4 cm³/mol. The zero-order chi connectivity index (χ0) is 12.5. The maximum atomic E-state index is 12.3. The first-order chi connectivity index (χ1) is 8.05. The largest absolute Gasteiger partial charge is 0.329 e. The minimum atomic E-state index is -3.42. The quantitative estimate of drug-likeness (QED) is 0.907. The SMILES string of the molecule is NC[C@H]1CCCN1S(=O)(=O)c1ccc(Cl)cc1. The van der Waals surface area contributed by atoms with Gasteiger partial charge in [0.05, 0.1) is 4.90 Å². The molecule has 1 heterocycles. The van der Waals surface area contributed by atoms with Crippen LogP contribution in [-0.2, 0) is 10.0 Å². The van der Waals surface area contributed by atoms with Crippen LogP contribution in [0.4, 0.5) is 0 Å². The van der Waals surface area contributed by atoms with E-state index < -0.39 is 10.0 Å². The molecule has 0 spiro atoms. The van der Waals surface area contributed by atoms with Gasteiger partial charge in [0.25, 0.3) is 0 Å². The van der Waals surface area contributed by atoms with Crippen molar-refractivity contribution < 1.29 is 8.42 Å². The van der Waals surface area contributed by atoms with Crippen molar-refractivity contribution in [1.29, 1.82) is 0 Å². The van der Waals surface area contributed by atoms with E-state index >= 15 is 0 Å². The zero-order valence-corrected chi connectivity index (χ0v) is 10.9. The Morgan fingerprint density at radius 3 is 2.59 bits per heavy atom. The van der Waals surface area contributed by atoms with E-state index in [1.165, 1.54) is 16.4 Å². The van der Waals surface area contributed by atoms with E-state index in [1.54, 1.807) is 12.1 Å². The van der Waals surface area contributed by atoms with E-state index in [4.69, 9.17) is 17.3 Å². The Hall–Kier alpha value is -0.620. The summed E-state index contributed by atoms with van der Waals surface area (Å²) in [5.74, 6) is 0. The van der Waals surface area contributed by atoms with Crippen LogP contribution in [0.1, 0.15) is 12.8 Å². The van der Waals surface area contributed by atoms with Gasteiger partial charge < -0.3 is 5.73 Å². The fourth-order valence-corrected chi connectivity index (χ4v) is 3.93. The van der Waals surface area contributed by atoms with Crippen molar-refractivity contribution >= 4 is 21.6 Å². The van der Waals surface area contributed by atoms with Gasteiger partial charge in [-0.05, 0) is 37.1 Å². The smallest absolute Gasteiger partial charge is 0.243 e. The Balaban J connectivity index is 2.33. The van der Waals surface area contributed by atoms with Crippen molar-refractivity contribution in [2.75, 3.05) is 13.1 Å². The molecule has 1 aliphatic heterocycles. The summed E-state index contributed by atoms with van der Waals surface area (Å²) in [5.41, 5.74) is 5.60. The summed E-state index contributed by atoms with van der Waals surface area (Å²) in [5, 5.41) is 0.528. The molecule has 0 aliphatic carbocycles. The average Bonchev–Trinajstić information content (AvgIpc) is 2.78. The number of hydrogen-bond donors (Lipinski definition) is 1. The van der Waals surface area contributed by atoms with Gasteiger partial charge >= 0.3 is 0 Å². The van der Waals surface area contributed by atoms with Gasteiger partial charge in [-0.1, -0.05) is 11.6 Å². The molecule has 1 fully saturated rings. The van der Waals surface area contributed by atoms with Gasteiger partial charge in [0.1, 0.15) is 0 Å². The summed E-state index contributed by atoms with van der Waals surface area (Å²) in [6.07, 6.45) is 1.71. The third-order valence-electron chi connectivity index (χ3n) is 3.02. The highest BCUT2D eigenvalue weighted by atomic mass is 35.5. The van der Waals surface area contributed by atoms with Crippen LogP contribution in [0.2, 0.25) is 5.02 Å². The van der Waals surface area contributed by atoms with Gasteiger partial charge in [-0.25, -0.2) is 8.42 Å². The van der Waals surface area contributed by atoms with Crippen molar-refractivity contribution in [1.82, 2.24) is 4.31 Å². The summed E-state index contributed by atoms with van der Waals surface area (Å²) in [6.45, 7) is 0.916. The van der Waals surface area contributed by atoms with E-state index in [-0.39, 0.29) is 10.9 Å². The highest BCUT2D eigenvalue weighted by molar-refractivity contribution is 7.89. The molecular formula is C11H15ClN2O2S. The lowest BCUT2D eigenvalue weighted by molar-refractivity contribution is 0.393. The zero-order valence-electron chi connectivity index (χ0n) is 9.34. The molecule has 1 aliphatic rings. The standard InChI is InChI=1S/C11H15ClN2O2S/c12-9-3-5-11(6-4-9)17(15,16)14-7-1-2-10(14)8-13/h3-6,10H,1-2,7-8,13H2/t10-/m1/s1. The van der Waals surface area contributed by atoms with E-state index in [2.05, 4.69) is 0 Å². The molecule has 0 aromatic heterocycles. The molecule has 4 nitrogen and oxygen atoms in total. The fourth-order valence-electron chi connectivity index (χ4n) is 2.10. The highest BCUT2D eigenvalue weighted by Gasteiger charge is 2.34. The Kier molecular flexibility index (Phi) is 3.73. The predicted octanol–water partition coefficient (Wildman–Crippen LogP) is 1.45. The first-order valence-electron chi connectivity index (χ1n) is 5.53. The van der Waals surface area contributed by atoms with Crippen molar-refractivity contribution in [3.8, 4) is 0 Å². The Morgan fingerprint density at radius 1 is 1.35 bits per heavy atom. The van der Waals surface area contributed by atoms with Crippen molar-refractivity contribution in [3.05, 3.63) is 29.3 Å². The van der Waals surface area contributed by atoms with E-state index in [9.17, 15) is 8.42 Å². The molecule has 0 bridgehead atoms. The molecule has 0 radical (unpaired) electrons. The highest BCUT2D eigenvalue weighted by Crippen LogP contribution is 2.26. The number of rotatable bonds is 3. The summed E-state index contributed by atoms with van der Waals surface area (Å²) in [7, 11) is -3.42. The molecule has 2 rings (SSSR count). The van der Waals surface area contributed by atoms with Gasteiger partial charge in [0, 0.05) is 24.2 Å². The molecule has 0 amide bonds. The van der Waals surface area contributed by atoms with Gasteiger partial charge in [-0.3, -0.25) is 0 Å². The lowest BCUT2D eigenvalue weighted by Gasteiger charge is -2.22. The first-order valence-corrected chi connectivity index (χ1v) is 7.35. The fraction of sp³-hybridized carbons (Fsp3) is 0.455. The van der Waals surface area contributed by atoms with Crippen LogP contribution >= 0.6 is 11.6 Å². The summed E-state index contributed by atoms with van der Waals surface area (Å²) in [4.78, 5) is 0.280. The summed E-state index contributed by atoms with van der Waals surface area (Å²) in [6, 6.07) is 6.16. The number of nitrogens with two attached hydrogens (primary N) is 1. The monoisotopic (exact) mass is 274 g/mol. The average molecular weight is 275 g/mol. The van der Waals surface area contributed by atoms with Crippen molar-refractivity contribution in [3.63, 3.8) is 0 Å². The summed E-state index contributed by atoms with van der Waals surface area (Å²) < 4.78 is 26.2. The second-order valence-corrected chi connectivity index (χ2v) is 6.43. The van der Waals surface area contributed by atoms with Gasteiger partial charge in [-0.15, -0.1) is 0 Å². The third kappa shape index (κ3) is 2.47. The van der Waals surface area contributed by atoms with Crippen LogP contribution in [0.25, 0.3) is 0 Å². The Morgan fingerprint density at radius 2 is 2.00 bits per heavy atom. The number of benzene rings is 1. The van der Waals surface area contributed by atoms with E-state index in [0.29, 0.717) is 18.1 Å². The molecule has 2 N–H and O–H groups in total. The lowest BCUT2D eigenvalue weighted by Crippen LogP contribution is -2.39. The normalized spacial score (nSPS) is 21.9. The van der Waals surface area contributed by atoms with Gasteiger partial charge in [0.2, 0.25) is 10.0 Å². The minimum absolute atomic E-state index is 0.0734. The molecular weight excluding hydrogens is 260 g/mol. The molecule has 6 heteroatoms. The second kappa shape index (κ2) is 4.94. The van der Waals surface area contributed by atoms with Crippen molar-refractivity contribution in [2.24, 2.45) is 5.73 Å². The topological polar surface area (TPSA) is 63.4 Å². The van der Waals surface area contributed by atoms with Crippen LogP contribution in [0.5, 0.6) is 0 Å². The lowest BCUT2D eigenvalue weighted by atomic mass is 10.2. The molecule has 1 aromatic carbocycles. The van der Waals surface area contributed by atoms with E-state index in [0.717, 1.165) is 12.8 Å². The first kappa shape index (κ1) is 12.8. The van der Waals surface area contributed by atoms with Crippen LogP contribution in [0.15, 0.2) is 29.2 Å². The minimum Gasteiger partial charge on any atom is -0.329 e. The van der Waals surface area contributed by atoms with Crippen molar-refractivity contribution in [2.45, 2.75) is 23.8 Å². The summed E-state index contributed by atoms with van der Waals surface area (Å²) >= 11 is 5.75. The molecule has 1 aromatic rings. The maximum Gasteiger partial charge on any atom is 0.243 e. The van der Waals surface area contributed by atoms with Gasteiger partial charge in [0.15, 0.2) is 0 Å². The Bertz CT molecular complexity index is 487. The van der Waals surface area contributed by atoms with E-state index in [1.807, 2.05) is 0 Å². The number of halogens is 1. The third-order valence-corrected chi connectivity index (χ3v) is 5.23. The maximum absolute atomic E-state index is 12.3. The van der Waals surface area contributed by atoms with Crippen LogP contribution in [0.3, 0.4) is 0 Å². The molecule has 1 atom stereocenters. The van der Waals surface area contributed by atoms with Gasteiger partial charge in [-0.2, -0.15) is 4.31 Å². The molecule has 0 saturated carbocycles. The molecule has 1 saturated heterocycles. The number of sulfonamides is 1.